The minimum absolute atomic E-state index is 0.0366. The minimum Gasteiger partial charge on any atom is -0.342 e. The Morgan fingerprint density at radius 1 is 0.944 bits per heavy atom. The molecule has 0 aliphatic carbocycles. The first kappa shape index (κ1) is 24.1. The largest absolute Gasteiger partial charge is 0.342 e. The van der Waals surface area contributed by atoms with Crippen molar-refractivity contribution >= 4 is 46.7 Å². The van der Waals surface area contributed by atoms with Gasteiger partial charge in [0, 0.05) is 22.4 Å². The van der Waals surface area contributed by atoms with Crippen LogP contribution in [0.3, 0.4) is 0 Å². The molecule has 4 aromatic rings. The molecule has 36 heavy (non-hydrogen) atoms. The molecule has 7 nitrogen and oxygen atoms in total. The van der Waals surface area contributed by atoms with Crippen LogP contribution in [0.4, 0.5) is 11.4 Å². The molecular weight excluding hydrogens is 490 g/mol. The van der Waals surface area contributed by atoms with Crippen molar-refractivity contribution in [2.45, 2.75) is 34.8 Å². The maximum atomic E-state index is 13.5. The average molecular weight is 516 g/mol. The first-order valence-corrected chi connectivity index (χ1v) is 13.3. The number of nitrogens with one attached hydrogen (secondary N) is 1. The van der Waals surface area contributed by atoms with Crippen LogP contribution in [0.2, 0.25) is 0 Å². The van der Waals surface area contributed by atoms with Crippen molar-refractivity contribution in [1.82, 2.24) is 20.1 Å². The highest BCUT2D eigenvalue weighted by atomic mass is 32.2. The fourth-order valence-electron chi connectivity index (χ4n) is 4.04. The van der Waals surface area contributed by atoms with Gasteiger partial charge in [0.05, 0.1) is 23.2 Å². The number of carbonyl (C=O) groups is 2. The zero-order valence-electron chi connectivity index (χ0n) is 20.1. The number of amides is 2. The summed E-state index contributed by atoms with van der Waals surface area (Å²) < 4.78 is 1.83. The second-order valence-corrected chi connectivity index (χ2v) is 10.5. The van der Waals surface area contributed by atoms with E-state index >= 15 is 0 Å². The monoisotopic (exact) mass is 515 g/mol. The lowest BCUT2D eigenvalue weighted by Gasteiger charge is -2.30. The Bertz CT molecular complexity index is 1390. The van der Waals surface area contributed by atoms with Crippen molar-refractivity contribution in [2.24, 2.45) is 7.05 Å². The maximum absolute atomic E-state index is 13.5. The highest BCUT2D eigenvalue weighted by Crippen LogP contribution is 2.48. The summed E-state index contributed by atoms with van der Waals surface area (Å²) in [6, 6.07) is 22.9. The van der Waals surface area contributed by atoms with Crippen molar-refractivity contribution in [2.75, 3.05) is 10.7 Å². The summed E-state index contributed by atoms with van der Waals surface area (Å²) in [6.45, 7) is 3.85. The summed E-state index contributed by atoms with van der Waals surface area (Å²) in [5.41, 5.74) is 3.46. The van der Waals surface area contributed by atoms with E-state index in [9.17, 15) is 9.59 Å². The standard InChI is InChI=1S/C27H25N5O2S2/c1-17-12-14-19(15-13-17)26(34)28-18(2)25-29-30-27(31(25)3)35-16-24(33)32-20-8-4-6-10-22(20)36-23-11-7-5-9-21(23)32/h4-15,18H,16H2,1-3H3,(H,28,34)/t18-/m0/s1. The van der Waals surface area contributed by atoms with Gasteiger partial charge in [0.25, 0.3) is 5.91 Å². The molecule has 1 aliphatic heterocycles. The highest BCUT2D eigenvalue weighted by molar-refractivity contribution is 8.00. The van der Waals surface area contributed by atoms with Crippen LogP contribution in [0.15, 0.2) is 87.7 Å². The molecule has 1 N–H and O–H groups in total. The van der Waals surface area contributed by atoms with Gasteiger partial charge in [-0.1, -0.05) is 65.5 Å². The molecule has 0 spiro atoms. The van der Waals surface area contributed by atoms with Gasteiger partial charge < -0.3 is 9.88 Å². The van der Waals surface area contributed by atoms with Crippen LogP contribution in [-0.4, -0.2) is 32.3 Å². The molecule has 9 heteroatoms. The van der Waals surface area contributed by atoms with Crippen molar-refractivity contribution in [3.8, 4) is 0 Å². The Labute approximate surface area is 218 Å². The summed E-state index contributed by atoms with van der Waals surface area (Å²) >= 11 is 3.00. The lowest BCUT2D eigenvalue weighted by atomic mass is 10.1. The summed E-state index contributed by atoms with van der Waals surface area (Å²) in [6.07, 6.45) is 0. The second-order valence-electron chi connectivity index (χ2n) is 8.52. The smallest absolute Gasteiger partial charge is 0.251 e. The number of fused-ring (bicyclic) bond motifs is 2. The molecule has 0 saturated heterocycles. The third-order valence-corrected chi connectivity index (χ3v) is 8.06. The molecular formula is C27H25N5O2S2. The molecule has 1 atom stereocenters. The molecule has 2 heterocycles. The lowest BCUT2D eigenvalue weighted by molar-refractivity contribution is -0.115. The van der Waals surface area contributed by atoms with Crippen molar-refractivity contribution < 1.29 is 9.59 Å². The highest BCUT2D eigenvalue weighted by Gasteiger charge is 2.28. The van der Waals surface area contributed by atoms with Crippen molar-refractivity contribution in [1.29, 1.82) is 0 Å². The van der Waals surface area contributed by atoms with Gasteiger partial charge in [0.1, 0.15) is 0 Å². The zero-order chi connectivity index (χ0) is 25.2. The summed E-state index contributed by atoms with van der Waals surface area (Å²) in [5, 5.41) is 12.2. The summed E-state index contributed by atoms with van der Waals surface area (Å²) in [7, 11) is 1.85. The number of para-hydroxylation sites is 2. The van der Waals surface area contributed by atoms with Crippen molar-refractivity contribution in [3.63, 3.8) is 0 Å². The van der Waals surface area contributed by atoms with Gasteiger partial charge in [-0.25, -0.2) is 0 Å². The Kier molecular flexibility index (Phi) is 6.84. The van der Waals surface area contributed by atoms with Gasteiger partial charge in [-0.15, -0.1) is 10.2 Å². The average Bonchev–Trinajstić information content (AvgIpc) is 3.26. The van der Waals surface area contributed by atoms with E-state index in [1.54, 1.807) is 28.8 Å². The zero-order valence-corrected chi connectivity index (χ0v) is 21.8. The quantitative estimate of drug-likeness (QED) is 0.340. The topological polar surface area (TPSA) is 80.1 Å². The Morgan fingerprint density at radius 2 is 1.56 bits per heavy atom. The number of aryl methyl sites for hydroxylation is 1. The van der Waals surface area contributed by atoms with E-state index < -0.39 is 0 Å². The minimum atomic E-state index is -0.348. The Morgan fingerprint density at radius 3 is 2.19 bits per heavy atom. The molecule has 0 radical (unpaired) electrons. The number of benzene rings is 3. The summed E-state index contributed by atoms with van der Waals surface area (Å²) in [5.74, 6) is 0.611. The van der Waals surface area contributed by atoms with E-state index in [0.717, 1.165) is 26.7 Å². The third-order valence-electron chi connectivity index (χ3n) is 5.92. The second kappa shape index (κ2) is 10.2. The van der Waals surface area contributed by atoms with E-state index in [4.69, 9.17) is 0 Å². The van der Waals surface area contributed by atoms with Gasteiger partial charge in [-0.2, -0.15) is 0 Å². The van der Waals surface area contributed by atoms with Gasteiger partial charge >= 0.3 is 0 Å². The molecule has 0 saturated carbocycles. The Hall–Kier alpha value is -3.56. The molecule has 2 amide bonds. The van der Waals surface area contributed by atoms with E-state index in [-0.39, 0.29) is 23.6 Å². The molecule has 182 valence electrons. The van der Waals surface area contributed by atoms with E-state index in [1.165, 1.54) is 11.8 Å². The van der Waals surface area contributed by atoms with Crippen LogP contribution in [0.1, 0.15) is 34.7 Å². The van der Waals surface area contributed by atoms with Crippen LogP contribution < -0.4 is 10.2 Å². The molecule has 0 bridgehead atoms. The Balaban J connectivity index is 1.29. The van der Waals surface area contributed by atoms with Gasteiger partial charge in [-0.3, -0.25) is 14.5 Å². The number of thioether (sulfide) groups is 1. The molecule has 3 aromatic carbocycles. The number of hydrogen-bond acceptors (Lipinski definition) is 6. The van der Waals surface area contributed by atoms with Gasteiger partial charge in [0.15, 0.2) is 11.0 Å². The first-order chi connectivity index (χ1) is 17.4. The predicted octanol–water partition coefficient (Wildman–Crippen LogP) is 5.54. The number of hydrogen-bond donors (Lipinski definition) is 1. The molecule has 0 unspecified atom stereocenters. The lowest BCUT2D eigenvalue weighted by Crippen LogP contribution is -2.30. The normalized spacial score (nSPS) is 13.0. The molecule has 0 fully saturated rings. The van der Waals surface area contributed by atoms with Crippen LogP contribution in [0.25, 0.3) is 0 Å². The van der Waals surface area contributed by atoms with Crippen LogP contribution in [-0.2, 0) is 11.8 Å². The fourth-order valence-corrected chi connectivity index (χ4v) is 5.87. The first-order valence-electron chi connectivity index (χ1n) is 11.5. The predicted molar refractivity (Wildman–Crippen MR) is 143 cm³/mol. The van der Waals surface area contributed by atoms with Gasteiger partial charge in [-0.05, 0) is 50.2 Å². The molecule has 1 aromatic heterocycles. The van der Waals surface area contributed by atoms with Crippen molar-refractivity contribution in [3.05, 3.63) is 89.7 Å². The molecule has 1 aliphatic rings. The van der Waals surface area contributed by atoms with E-state index in [2.05, 4.69) is 15.5 Å². The van der Waals surface area contributed by atoms with Crippen LogP contribution in [0, 0.1) is 6.92 Å². The fraction of sp³-hybridized carbons (Fsp3) is 0.185. The van der Waals surface area contributed by atoms with Crippen LogP contribution >= 0.6 is 23.5 Å². The SMILES string of the molecule is Cc1ccc(C(=O)N[C@@H](C)c2nnc(SCC(=O)N3c4ccccc4Sc4ccccc43)n2C)cc1. The number of nitrogens with zero attached hydrogens (tertiary/aromatic N) is 4. The number of aromatic nitrogens is 3. The summed E-state index contributed by atoms with van der Waals surface area (Å²) in [4.78, 5) is 30.0. The van der Waals surface area contributed by atoms with E-state index in [0.29, 0.717) is 16.5 Å². The van der Waals surface area contributed by atoms with Gasteiger partial charge in [0.2, 0.25) is 5.91 Å². The maximum Gasteiger partial charge on any atom is 0.251 e. The number of rotatable bonds is 6. The van der Waals surface area contributed by atoms with E-state index in [1.807, 2.05) is 86.1 Å². The van der Waals surface area contributed by atoms with Crippen LogP contribution in [0.5, 0.6) is 0 Å². The third kappa shape index (κ3) is 4.76. The molecule has 5 rings (SSSR count). The number of carbonyl (C=O) groups excluding carboxylic acids is 2. The number of anilines is 2.